The molecule has 2 rings (SSSR count). The van der Waals surface area contributed by atoms with E-state index in [2.05, 4.69) is 10.1 Å². The van der Waals surface area contributed by atoms with Gasteiger partial charge in [-0.15, -0.1) is 0 Å². The van der Waals surface area contributed by atoms with Crippen LogP contribution >= 0.6 is 0 Å². The molecule has 0 aliphatic carbocycles. The molecule has 0 amide bonds. The van der Waals surface area contributed by atoms with Gasteiger partial charge in [-0.3, -0.25) is 0 Å². The summed E-state index contributed by atoms with van der Waals surface area (Å²) in [5.74, 6) is 1.89. The van der Waals surface area contributed by atoms with E-state index in [4.69, 9.17) is 5.73 Å². The maximum absolute atomic E-state index is 5.42. The topological polar surface area (TPSA) is 56.7 Å². The minimum atomic E-state index is 0.458. The Labute approximate surface area is 65.4 Å². The Balaban J connectivity index is 2.32. The number of aromatic nitrogens is 3. The van der Waals surface area contributed by atoms with E-state index in [0.717, 1.165) is 24.6 Å². The van der Waals surface area contributed by atoms with E-state index in [1.165, 1.54) is 12.8 Å². The van der Waals surface area contributed by atoms with Crippen molar-refractivity contribution in [2.24, 2.45) is 5.73 Å². The summed E-state index contributed by atoms with van der Waals surface area (Å²) >= 11 is 0. The molecule has 4 heteroatoms. The second-order valence-corrected chi connectivity index (χ2v) is 2.83. The summed E-state index contributed by atoms with van der Waals surface area (Å²) in [6.07, 6.45) is 3.52. The highest BCUT2D eigenvalue weighted by molar-refractivity contribution is 4.94. The van der Waals surface area contributed by atoms with E-state index >= 15 is 0 Å². The Kier molecular flexibility index (Phi) is 1.62. The highest BCUT2D eigenvalue weighted by Gasteiger charge is 2.12. The van der Waals surface area contributed by atoms with Gasteiger partial charge in [0.25, 0.3) is 0 Å². The molecule has 0 fully saturated rings. The molecule has 0 spiro atoms. The van der Waals surface area contributed by atoms with Crippen molar-refractivity contribution >= 4 is 0 Å². The predicted molar refractivity (Wildman–Crippen MR) is 40.9 cm³/mol. The first kappa shape index (κ1) is 6.79. The molecule has 11 heavy (non-hydrogen) atoms. The van der Waals surface area contributed by atoms with Crippen LogP contribution in [0.25, 0.3) is 0 Å². The Bertz CT molecular complexity index is 229. The third kappa shape index (κ3) is 1.14. The van der Waals surface area contributed by atoms with Crippen molar-refractivity contribution in [2.75, 3.05) is 0 Å². The lowest BCUT2D eigenvalue weighted by Crippen LogP contribution is -2.11. The minimum absolute atomic E-state index is 0.458. The molecule has 0 atom stereocenters. The number of aryl methyl sites for hydroxylation is 2. The Hall–Kier alpha value is -0.900. The van der Waals surface area contributed by atoms with Crippen LogP contribution in [-0.4, -0.2) is 14.8 Å². The van der Waals surface area contributed by atoms with E-state index in [9.17, 15) is 0 Å². The van der Waals surface area contributed by atoms with Crippen LogP contribution in [-0.2, 0) is 19.5 Å². The molecule has 4 nitrogen and oxygen atoms in total. The van der Waals surface area contributed by atoms with Crippen molar-refractivity contribution in [3.8, 4) is 0 Å². The van der Waals surface area contributed by atoms with Gasteiger partial charge in [-0.1, -0.05) is 0 Å². The molecule has 0 saturated carbocycles. The summed E-state index contributed by atoms with van der Waals surface area (Å²) < 4.78 is 1.98. The van der Waals surface area contributed by atoms with Gasteiger partial charge in [-0.25, -0.2) is 9.67 Å². The quantitative estimate of drug-likeness (QED) is 0.619. The second-order valence-electron chi connectivity index (χ2n) is 2.83. The average Bonchev–Trinajstić information content (AvgIpc) is 2.46. The van der Waals surface area contributed by atoms with Crippen LogP contribution in [0, 0.1) is 0 Å². The number of nitrogens with zero attached hydrogens (tertiary/aromatic N) is 3. The van der Waals surface area contributed by atoms with Crippen LogP contribution in [0.5, 0.6) is 0 Å². The fourth-order valence-corrected chi connectivity index (χ4v) is 1.42. The number of nitrogens with two attached hydrogens (primary N) is 1. The monoisotopic (exact) mass is 152 g/mol. The van der Waals surface area contributed by atoms with Gasteiger partial charge in [0.2, 0.25) is 0 Å². The minimum Gasteiger partial charge on any atom is -0.324 e. The lowest BCUT2D eigenvalue weighted by atomic mass is 10.2. The Morgan fingerprint density at radius 2 is 2.36 bits per heavy atom. The molecule has 60 valence electrons. The van der Waals surface area contributed by atoms with Crippen LogP contribution in [0.4, 0.5) is 0 Å². The van der Waals surface area contributed by atoms with Crippen LogP contribution in [0.15, 0.2) is 0 Å². The Morgan fingerprint density at radius 3 is 3.09 bits per heavy atom. The van der Waals surface area contributed by atoms with E-state index < -0.39 is 0 Å². The summed E-state index contributed by atoms with van der Waals surface area (Å²) in [6, 6.07) is 0. The zero-order chi connectivity index (χ0) is 7.68. The largest absolute Gasteiger partial charge is 0.324 e. The fraction of sp³-hybridized carbons (Fsp3) is 0.714. The SMILES string of the molecule is NCc1nc2n(n1)CCCC2. The summed E-state index contributed by atoms with van der Waals surface area (Å²) in [5.41, 5.74) is 5.42. The molecule has 0 unspecified atom stereocenters. The first-order valence-corrected chi connectivity index (χ1v) is 4.03. The highest BCUT2D eigenvalue weighted by Crippen LogP contribution is 2.11. The van der Waals surface area contributed by atoms with Crippen molar-refractivity contribution in [2.45, 2.75) is 32.4 Å². The van der Waals surface area contributed by atoms with E-state index in [0.29, 0.717) is 6.54 Å². The third-order valence-electron chi connectivity index (χ3n) is 2.00. The van der Waals surface area contributed by atoms with E-state index in [-0.39, 0.29) is 0 Å². The molecule has 0 aromatic carbocycles. The molecule has 1 aromatic rings. The molecule has 0 radical (unpaired) electrons. The van der Waals surface area contributed by atoms with Gasteiger partial charge in [0.1, 0.15) is 5.82 Å². The van der Waals surface area contributed by atoms with E-state index in [1.807, 2.05) is 4.68 Å². The summed E-state index contributed by atoms with van der Waals surface area (Å²) in [7, 11) is 0. The molecule has 1 aliphatic heterocycles. The number of rotatable bonds is 1. The number of hydrogen-bond donors (Lipinski definition) is 1. The fourth-order valence-electron chi connectivity index (χ4n) is 1.42. The summed E-state index contributed by atoms with van der Waals surface area (Å²) in [6.45, 7) is 1.47. The predicted octanol–water partition coefficient (Wildman–Crippen LogP) is 0.0731. The van der Waals surface area contributed by atoms with Crippen molar-refractivity contribution in [3.63, 3.8) is 0 Å². The maximum Gasteiger partial charge on any atom is 0.164 e. The maximum atomic E-state index is 5.42. The molecule has 1 aliphatic rings. The van der Waals surface area contributed by atoms with Crippen molar-refractivity contribution in [1.82, 2.24) is 14.8 Å². The smallest absolute Gasteiger partial charge is 0.164 e. The zero-order valence-electron chi connectivity index (χ0n) is 6.45. The lowest BCUT2D eigenvalue weighted by molar-refractivity contribution is 0.478. The molecular weight excluding hydrogens is 140 g/mol. The molecule has 2 heterocycles. The summed E-state index contributed by atoms with van der Waals surface area (Å²) in [5, 5.41) is 4.25. The van der Waals surface area contributed by atoms with Gasteiger partial charge in [-0.2, -0.15) is 5.10 Å². The summed E-state index contributed by atoms with van der Waals surface area (Å²) in [4.78, 5) is 4.30. The zero-order valence-corrected chi connectivity index (χ0v) is 6.45. The van der Waals surface area contributed by atoms with Gasteiger partial charge >= 0.3 is 0 Å². The molecular formula is C7H12N4. The first-order valence-electron chi connectivity index (χ1n) is 4.03. The van der Waals surface area contributed by atoms with Crippen LogP contribution < -0.4 is 5.73 Å². The normalized spacial score (nSPS) is 16.5. The van der Waals surface area contributed by atoms with Crippen LogP contribution in [0.2, 0.25) is 0 Å². The van der Waals surface area contributed by atoms with Gasteiger partial charge < -0.3 is 5.73 Å². The van der Waals surface area contributed by atoms with Crippen molar-refractivity contribution in [3.05, 3.63) is 11.6 Å². The number of hydrogen-bond acceptors (Lipinski definition) is 3. The highest BCUT2D eigenvalue weighted by atomic mass is 15.4. The van der Waals surface area contributed by atoms with Crippen molar-refractivity contribution < 1.29 is 0 Å². The molecule has 1 aromatic heterocycles. The van der Waals surface area contributed by atoms with Gasteiger partial charge in [-0.05, 0) is 12.8 Å². The van der Waals surface area contributed by atoms with E-state index in [1.54, 1.807) is 0 Å². The van der Waals surface area contributed by atoms with Gasteiger partial charge in [0, 0.05) is 13.0 Å². The van der Waals surface area contributed by atoms with Gasteiger partial charge in [0.05, 0.1) is 6.54 Å². The average molecular weight is 152 g/mol. The standard InChI is InChI=1S/C7H12N4/c8-5-6-9-7-3-1-2-4-11(7)10-6/h1-5,8H2. The molecule has 0 saturated heterocycles. The van der Waals surface area contributed by atoms with Crippen molar-refractivity contribution in [1.29, 1.82) is 0 Å². The third-order valence-corrected chi connectivity index (χ3v) is 2.00. The molecule has 2 N–H and O–H groups in total. The first-order chi connectivity index (χ1) is 5.40. The lowest BCUT2D eigenvalue weighted by Gasteiger charge is -2.09. The van der Waals surface area contributed by atoms with Crippen LogP contribution in [0.1, 0.15) is 24.5 Å². The molecule has 0 bridgehead atoms. The second kappa shape index (κ2) is 2.62. The number of fused-ring (bicyclic) bond motifs is 1. The Morgan fingerprint density at radius 1 is 1.45 bits per heavy atom. The van der Waals surface area contributed by atoms with Crippen LogP contribution in [0.3, 0.4) is 0 Å². The van der Waals surface area contributed by atoms with Gasteiger partial charge in [0.15, 0.2) is 5.82 Å².